The van der Waals surface area contributed by atoms with E-state index in [1.54, 1.807) is 18.2 Å². The molecule has 1 aliphatic heterocycles. The summed E-state index contributed by atoms with van der Waals surface area (Å²) >= 11 is 0. The molecular weight excluding hydrogens is 254 g/mol. The van der Waals surface area contributed by atoms with Crippen LogP contribution in [0.15, 0.2) is 36.9 Å². The second kappa shape index (κ2) is 6.57. The maximum atomic E-state index is 12.4. The minimum Gasteiger partial charge on any atom is -0.490 e. The van der Waals surface area contributed by atoms with Crippen molar-refractivity contribution in [3.63, 3.8) is 0 Å². The quantitative estimate of drug-likeness (QED) is 0.793. The van der Waals surface area contributed by atoms with Gasteiger partial charge in [-0.15, -0.1) is 0 Å². The van der Waals surface area contributed by atoms with E-state index in [9.17, 15) is 4.79 Å². The third-order valence-electron chi connectivity index (χ3n) is 3.18. The van der Waals surface area contributed by atoms with Crippen LogP contribution in [0.25, 0.3) is 0 Å². The Balaban J connectivity index is 2.03. The molecule has 20 heavy (non-hydrogen) atoms. The Labute approximate surface area is 120 Å². The van der Waals surface area contributed by atoms with E-state index in [0.29, 0.717) is 25.3 Å². The predicted molar refractivity (Wildman–Crippen MR) is 78.0 cm³/mol. The van der Waals surface area contributed by atoms with Gasteiger partial charge in [-0.05, 0) is 38.1 Å². The zero-order valence-electron chi connectivity index (χ0n) is 12.0. The highest BCUT2D eigenvalue weighted by Gasteiger charge is 2.26. The van der Waals surface area contributed by atoms with Gasteiger partial charge < -0.3 is 14.4 Å². The molecule has 2 rings (SSSR count). The summed E-state index contributed by atoms with van der Waals surface area (Å²) in [5, 5.41) is 0. The molecule has 0 N–H and O–H groups in total. The molecule has 1 aromatic rings. The van der Waals surface area contributed by atoms with Crippen LogP contribution < -0.4 is 4.74 Å². The van der Waals surface area contributed by atoms with Gasteiger partial charge in [0.2, 0.25) is 0 Å². The molecule has 1 aliphatic rings. The fourth-order valence-corrected chi connectivity index (χ4v) is 2.38. The van der Waals surface area contributed by atoms with E-state index in [2.05, 4.69) is 6.58 Å². The van der Waals surface area contributed by atoms with Crippen LogP contribution in [0.3, 0.4) is 0 Å². The number of hydrogen-bond donors (Lipinski definition) is 0. The summed E-state index contributed by atoms with van der Waals surface area (Å²) in [6, 6.07) is 7.21. The highest BCUT2D eigenvalue weighted by molar-refractivity contribution is 5.94. The molecule has 0 radical (unpaired) electrons. The van der Waals surface area contributed by atoms with E-state index < -0.39 is 0 Å². The summed E-state index contributed by atoms with van der Waals surface area (Å²) in [7, 11) is 0. The molecular formula is C16H21NO3. The Kier molecular flexibility index (Phi) is 4.79. The van der Waals surface area contributed by atoms with Gasteiger partial charge in [-0.3, -0.25) is 4.79 Å². The van der Waals surface area contributed by atoms with Gasteiger partial charge in [-0.25, -0.2) is 0 Å². The summed E-state index contributed by atoms with van der Waals surface area (Å²) < 4.78 is 11.0. The molecule has 4 heteroatoms. The number of morpholine rings is 1. The van der Waals surface area contributed by atoms with Crippen LogP contribution in [-0.2, 0) is 4.74 Å². The highest BCUT2D eigenvalue weighted by atomic mass is 16.5. The van der Waals surface area contributed by atoms with Gasteiger partial charge in [0.1, 0.15) is 12.4 Å². The molecule has 2 atom stereocenters. The number of rotatable bonds is 4. The maximum absolute atomic E-state index is 12.4. The smallest absolute Gasteiger partial charge is 0.254 e. The van der Waals surface area contributed by atoms with Crippen LogP contribution in [0.4, 0.5) is 0 Å². The monoisotopic (exact) mass is 275 g/mol. The van der Waals surface area contributed by atoms with E-state index >= 15 is 0 Å². The lowest BCUT2D eigenvalue weighted by Crippen LogP contribution is -2.48. The number of benzene rings is 1. The summed E-state index contributed by atoms with van der Waals surface area (Å²) in [5.74, 6) is 0.785. The van der Waals surface area contributed by atoms with Crippen LogP contribution in [0.2, 0.25) is 0 Å². The fraction of sp³-hybridized carbons (Fsp3) is 0.438. The second-order valence-corrected chi connectivity index (χ2v) is 5.09. The van der Waals surface area contributed by atoms with Crippen molar-refractivity contribution in [2.24, 2.45) is 0 Å². The molecule has 4 nitrogen and oxygen atoms in total. The van der Waals surface area contributed by atoms with Gasteiger partial charge in [-0.1, -0.05) is 12.7 Å². The van der Waals surface area contributed by atoms with Crippen LogP contribution in [0.5, 0.6) is 5.75 Å². The third kappa shape index (κ3) is 3.61. The zero-order chi connectivity index (χ0) is 14.5. The van der Waals surface area contributed by atoms with Gasteiger partial charge in [0, 0.05) is 18.7 Å². The highest BCUT2D eigenvalue weighted by Crippen LogP contribution is 2.17. The van der Waals surface area contributed by atoms with Crippen molar-refractivity contribution in [2.45, 2.75) is 26.1 Å². The lowest BCUT2D eigenvalue weighted by molar-refractivity contribution is -0.0586. The maximum Gasteiger partial charge on any atom is 0.254 e. The molecule has 1 heterocycles. The van der Waals surface area contributed by atoms with Crippen LogP contribution in [0.1, 0.15) is 24.2 Å². The third-order valence-corrected chi connectivity index (χ3v) is 3.18. The number of ether oxygens (including phenoxy) is 2. The van der Waals surface area contributed by atoms with E-state index in [1.165, 1.54) is 0 Å². The standard InChI is InChI=1S/C16H21NO3/c1-4-9-19-15-7-5-14(6-8-15)16(18)17-10-12(2)20-13(3)11-17/h4-8,12-13H,1,9-11H2,2-3H3. The van der Waals surface area contributed by atoms with Crippen molar-refractivity contribution in [3.05, 3.63) is 42.5 Å². The summed E-state index contributed by atoms with van der Waals surface area (Å²) in [6.45, 7) is 9.31. The lowest BCUT2D eigenvalue weighted by atomic mass is 10.1. The molecule has 1 saturated heterocycles. The Bertz CT molecular complexity index is 459. The van der Waals surface area contributed by atoms with Crippen molar-refractivity contribution in [2.75, 3.05) is 19.7 Å². The minimum absolute atomic E-state index is 0.0438. The Morgan fingerprint density at radius 2 is 1.95 bits per heavy atom. The van der Waals surface area contributed by atoms with E-state index in [0.717, 1.165) is 5.75 Å². The molecule has 108 valence electrons. The van der Waals surface area contributed by atoms with Crippen LogP contribution in [0, 0.1) is 0 Å². The molecule has 1 amide bonds. The normalized spacial score (nSPS) is 22.4. The van der Waals surface area contributed by atoms with Gasteiger partial charge in [0.05, 0.1) is 12.2 Å². The molecule has 0 bridgehead atoms. The molecule has 0 aromatic heterocycles. The number of amides is 1. The molecule has 0 aliphatic carbocycles. The average Bonchev–Trinajstić information content (AvgIpc) is 2.44. The van der Waals surface area contributed by atoms with Crippen molar-refractivity contribution < 1.29 is 14.3 Å². The Morgan fingerprint density at radius 3 is 2.50 bits per heavy atom. The van der Waals surface area contributed by atoms with Gasteiger partial charge in [-0.2, -0.15) is 0 Å². The molecule has 2 unspecified atom stereocenters. The first kappa shape index (κ1) is 14.6. The minimum atomic E-state index is 0.0438. The second-order valence-electron chi connectivity index (χ2n) is 5.09. The first-order valence-corrected chi connectivity index (χ1v) is 6.88. The van der Waals surface area contributed by atoms with Crippen molar-refractivity contribution in [1.82, 2.24) is 4.90 Å². The summed E-state index contributed by atoms with van der Waals surface area (Å²) in [4.78, 5) is 14.3. The fourth-order valence-electron chi connectivity index (χ4n) is 2.38. The lowest BCUT2D eigenvalue weighted by Gasteiger charge is -2.35. The molecule has 1 fully saturated rings. The number of carbonyl (C=O) groups excluding carboxylic acids is 1. The zero-order valence-corrected chi connectivity index (χ0v) is 12.0. The van der Waals surface area contributed by atoms with Gasteiger partial charge >= 0.3 is 0 Å². The van der Waals surface area contributed by atoms with Crippen LogP contribution in [-0.4, -0.2) is 42.7 Å². The average molecular weight is 275 g/mol. The van der Waals surface area contributed by atoms with E-state index in [4.69, 9.17) is 9.47 Å². The predicted octanol–water partition coefficient (Wildman–Crippen LogP) is 2.50. The Hall–Kier alpha value is -1.81. The van der Waals surface area contributed by atoms with Crippen molar-refractivity contribution in [1.29, 1.82) is 0 Å². The molecule has 0 saturated carbocycles. The summed E-state index contributed by atoms with van der Waals surface area (Å²) in [5.41, 5.74) is 0.678. The van der Waals surface area contributed by atoms with Gasteiger partial charge in [0.25, 0.3) is 5.91 Å². The van der Waals surface area contributed by atoms with Gasteiger partial charge in [0.15, 0.2) is 0 Å². The first-order valence-electron chi connectivity index (χ1n) is 6.88. The number of hydrogen-bond acceptors (Lipinski definition) is 3. The van der Waals surface area contributed by atoms with Crippen LogP contribution >= 0.6 is 0 Å². The largest absolute Gasteiger partial charge is 0.490 e. The van der Waals surface area contributed by atoms with Crippen molar-refractivity contribution >= 4 is 5.91 Å². The number of nitrogens with zero attached hydrogens (tertiary/aromatic N) is 1. The SMILES string of the molecule is C=CCOc1ccc(C(=O)N2CC(C)OC(C)C2)cc1. The topological polar surface area (TPSA) is 38.8 Å². The van der Waals surface area contributed by atoms with E-state index in [-0.39, 0.29) is 18.1 Å². The molecule has 0 spiro atoms. The number of carbonyl (C=O) groups is 1. The Morgan fingerprint density at radius 1 is 1.35 bits per heavy atom. The van der Waals surface area contributed by atoms with E-state index in [1.807, 2.05) is 30.9 Å². The molecule has 1 aromatic carbocycles. The summed E-state index contributed by atoms with van der Waals surface area (Å²) in [6.07, 6.45) is 1.85. The first-order chi connectivity index (χ1) is 9.60. The van der Waals surface area contributed by atoms with Crippen molar-refractivity contribution in [3.8, 4) is 5.75 Å².